The smallest absolute Gasteiger partial charge is 0.207 e. The normalized spacial score (nSPS) is 11.4. The summed E-state index contributed by atoms with van der Waals surface area (Å²) in [5.41, 5.74) is 0.335. The summed E-state index contributed by atoms with van der Waals surface area (Å²) < 4.78 is 55.2. The number of fused-ring (bicyclic) bond motifs is 1. The molecule has 2 aromatic carbocycles. The third kappa shape index (κ3) is 2.98. The van der Waals surface area contributed by atoms with Crippen LogP contribution in [-0.4, -0.2) is 19.8 Å². The van der Waals surface area contributed by atoms with E-state index in [1.54, 1.807) is 0 Å². The van der Waals surface area contributed by atoms with Gasteiger partial charge in [0, 0.05) is 12.5 Å². The van der Waals surface area contributed by atoms with Crippen LogP contribution in [0.2, 0.25) is 0 Å². The van der Waals surface area contributed by atoms with E-state index in [1.807, 2.05) is 0 Å². The Morgan fingerprint density at radius 3 is 2.40 bits per heavy atom. The summed E-state index contributed by atoms with van der Waals surface area (Å²) in [4.78, 5) is 0.366. The summed E-state index contributed by atoms with van der Waals surface area (Å²) in [6, 6.07) is 6.20. The van der Waals surface area contributed by atoms with Gasteiger partial charge < -0.3 is 0 Å². The zero-order valence-corrected chi connectivity index (χ0v) is 13.2. The highest BCUT2D eigenvalue weighted by atomic mass is 32.1. The fraction of sp³-hybridized carbons (Fsp3) is 0.0625. The Balaban J connectivity index is 1.74. The lowest BCUT2D eigenvalue weighted by Crippen LogP contribution is -1.96. The van der Waals surface area contributed by atoms with Crippen molar-refractivity contribution in [3.63, 3.8) is 0 Å². The minimum atomic E-state index is -0.680. The molecule has 0 bridgehead atoms. The Bertz CT molecular complexity index is 1070. The van der Waals surface area contributed by atoms with Gasteiger partial charge in [0.05, 0.1) is 5.56 Å². The van der Waals surface area contributed by atoms with E-state index in [9.17, 15) is 17.6 Å². The molecule has 0 spiro atoms. The highest BCUT2D eigenvalue weighted by Gasteiger charge is 2.17. The first kappa shape index (κ1) is 15.7. The molecule has 4 rings (SSSR count). The van der Waals surface area contributed by atoms with Crippen LogP contribution in [0.5, 0.6) is 0 Å². The molecule has 9 heteroatoms. The summed E-state index contributed by atoms with van der Waals surface area (Å²) in [5.74, 6) is -2.57. The first-order valence-electron chi connectivity index (χ1n) is 7.11. The Morgan fingerprint density at radius 2 is 1.64 bits per heavy atom. The van der Waals surface area contributed by atoms with E-state index in [1.165, 1.54) is 16.6 Å². The molecule has 0 aliphatic carbocycles. The Hall–Kier alpha value is -2.81. The van der Waals surface area contributed by atoms with Crippen LogP contribution < -0.4 is 0 Å². The van der Waals surface area contributed by atoms with E-state index in [4.69, 9.17) is 0 Å². The average Bonchev–Trinajstić information content (AvgIpc) is 3.08. The molecular formula is C16H8F4N4S. The summed E-state index contributed by atoms with van der Waals surface area (Å²) >= 11 is 1.15. The third-order valence-electron chi connectivity index (χ3n) is 3.48. The van der Waals surface area contributed by atoms with Gasteiger partial charge in [-0.05, 0) is 35.9 Å². The standard InChI is InChI=1S/C16H8F4N4S/c17-9-1-2-13(20)12(7-9)15-21-22-16-24(15)23-14(25-16)5-8-3-10(18)6-11(19)4-8/h1-4,6-7H,5H2. The van der Waals surface area contributed by atoms with Crippen molar-refractivity contribution in [3.8, 4) is 11.4 Å². The molecule has 0 radical (unpaired) electrons. The number of halogens is 4. The molecule has 2 heterocycles. The van der Waals surface area contributed by atoms with E-state index in [-0.39, 0.29) is 17.8 Å². The molecule has 0 saturated carbocycles. The SMILES string of the molecule is Fc1cc(F)cc(Cc2nn3c(-c4cc(F)ccc4F)nnc3s2)c1. The quantitative estimate of drug-likeness (QED) is 0.516. The van der Waals surface area contributed by atoms with Gasteiger partial charge in [0.15, 0.2) is 5.82 Å². The summed E-state index contributed by atoms with van der Waals surface area (Å²) in [7, 11) is 0. The Labute approximate surface area is 142 Å². The van der Waals surface area contributed by atoms with E-state index < -0.39 is 23.3 Å². The van der Waals surface area contributed by atoms with Crippen molar-refractivity contribution in [2.75, 3.05) is 0 Å². The maximum atomic E-state index is 13.9. The molecule has 2 aromatic heterocycles. The van der Waals surface area contributed by atoms with Crippen molar-refractivity contribution >= 4 is 16.3 Å². The Morgan fingerprint density at radius 1 is 0.880 bits per heavy atom. The highest BCUT2D eigenvalue weighted by Crippen LogP contribution is 2.25. The monoisotopic (exact) mass is 364 g/mol. The topological polar surface area (TPSA) is 43.1 Å². The van der Waals surface area contributed by atoms with Gasteiger partial charge in [-0.3, -0.25) is 0 Å². The second-order valence-electron chi connectivity index (χ2n) is 5.29. The lowest BCUT2D eigenvalue weighted by atomic mass is 10.1. The molecule has 0 amide bonds. The summed E-state index contributed by atoms with van der Waals surface area (Å²) in [6.45, 7) is 0. The van der Waals surface area contributed by atoms with Crippen LogP contribution in [0.1, 0.15) is 10.6 Å². The first-order valence-corrected chi connectivity index (χ1v) is 7.93. The largest absolute Gasteiger partial charge is 0.234 e. The maximum absolute atomic E-state index is 13.9. The van der Waals surface area contributed by atoms with Crippen molar-refractivity contribution < 1.29 is 17.6 Å². The van der Waals surface area contributed by atoms with Crippen molar-refractivity contribution in [1.82, 2.24) is 19.8 Å². The number of hydrogen-bond acceptors (Lipinski definition) is 4. The minimum absolute atomic E-state index is 0.0555. The zero-order valence-electron chi connectivity index (χ0n) is 12.4. The molecule has 0 unspecified atom stereocenters. The average molecular weight is 364 g/mol. The molecule has 0 saturated heterocycles. The van der Waals surface area contributed by atoms with E-state index >= 15 is 0 Å². The fourth-order valence-electron chi connectivity index (χ4n) is 2.45. The fourth-order valence-corrected chi connectivity index (χ4v) is 3.32. The molecule has 0 atom stereocenters. The van der Waals surface area contributed by atoms with Gasteiger partial charge in [0.2, 0.25) is 4.96 Å². The summed E-state index contributed by atoms with van der Waals surface area (Å²) in [5, 5.41) is 12.5. The predicted octanol–water partition coefficient (Wildman–Crippen LogP) is 4.00. The van der Waals surface area contributed by atoms with Crippen molar-refractivity contribution in [2.24, 2.45) is 0 Å². The van der Waals surface area contributed by atoms with E-state index in [2.05, 4.69) is 15.3 Å². The zero-order chi connectivity index (χ0) is 17.6. The van der Waals surface area contributed by atoms with Crippen LogP contribution in [0.4, 0.5) is 17.6 Å². The maximum Gasteiger partial charge on any atom is 0.234 e. The van der Waals surface area contributed by atoms with Gasteiger partial charge in [0.25, 0.3) is 0 Å². The summed E-state index contributed by atoms with van der Waals surface area (Å²) in [6.07, 6.45) is 0.174. The molecular weight excluding hydrogens is 356 g/mol. The highest BCUT2D eigenvalue weighted by molar-refractivity contribution is 7.16. The van der Waals surface area contributed by atoms with Crippen LogP contribution in [0.25, 0.3) is 16.3 Å². The van der Waals surface area contributed by atoms with Crippen LogP contribution in [0, 0.1) is 23.3 Å². The van der Waals surface area contributed by atoms with Gasteiger partial charge in [-0.2, -0.15) is 9.61 Å². The van der Waals surface area contributed by atoms with Crippen molar-refractivity contribution in [1.29, 1.82) is 0 Å². The molecule has 25 heavy (non-hydrogen) atoms. The van der Waals surface area contributed by atoms with Crippen molar-refractivity contribution in [3.05, 3.63) is 70.2 Å². The molecule has 0 aliphatic rings. The second kappa shape index (κ2) is 5.92. The van der Waals surface area contributed by atoms with Gasteiger partial charge in [0.1, 0.15) is 28.3 Å². The van der Waals surface area contributed by atoms with Crippen LogP contribution in [0.3, 0.4) is 0 Å². The third-order valence-corrected chi connectivity index (χ3v) is 4.38. The number of rotatable bonds is 3. The lowest BCUT2D eigenvalue weighted by Gasteiger charge is -2.00. The minimum Gasteiger partial charge on any atom is -0.207 e. The van der Waals surface area contributed by atoms with E-state index in [0.29, 0.717) is 15.5 Å². The van der Waals surface area contributed by atoms with Crippen LogP contribution in [-0.2, 0) is 6.42 Å². The van der Waals surface area contributed by atoms with Gasteiger partial charge in [-0.1, -0.05) is 11.3 Å². The van der Waals surface area contributed by atoms with E-state index in [0.717, 1.165) is 35.6 Å². The molecule has 0 aliphatic heterocycles. The first-order chi connectivity index (χ1) is 12.0. The molecule has 4 aromatic rings. The molecule has 126 valence electrons. The number of benzene rings is 2. The second-order valence-corrected chi connectivity index (χ2v) is 6.33. The van der Waals surface area contributed by atoms with Crippen LogP contribution >= 0.6 is 11.3 Å². The van der Waals surface area contributed by atoms with Gasteiger partial charge in [-0.15, -0.1) is 10.2 Å². The lowest BCUT2D eigenvalue weighted by molar-refractivity contribution is 0.580. The van der Waals surface area contributed by atoms with Gasteiger partial charge in [-0.25, -0.2) is 17.6 Å². The Kier molecular flexibility index (Phi) is 3.72. The molecule has 4 nitrogen and oxygen atoms in total. The molecule has 0 N–H and O–H groups in total. The predicted molar refractivity (Wildman–Crippen MR) is 83.2 cm³/mol. The number of nitrogens with zero attached hydrogens (tertiary/aromatic N) is 4. The van der Waals surface area contributed by atoms with Crippen LogP contribution in [0.15, 0.2) is 36.4 Å². The van der Waals surface area contributed by atoms with Gasteiger partial charge >= 0.3 is 0 Å². The molecule has 0 fully saturated rings. The number of hydrogen-bond donors (Lipinski definition) is 0. The number of aromatic nitrogens is 4. The van der Waals surface area contributed by atoms with Crippen molar-refractivity contribution in [2.45, 2.75) is 6.42 Å².